The van der Waals surface area contributed by atoms with Gasteiger partial charge < -0.3 is 15.4 Å². The number of ether oxygens (including phenoxy) is 1. The second-order valence-corrected chi connectivity index (χ2v) is 4.36. The topological polar surface area (TPSA) is 90.5 Å². The second kappa shape index (κ2) is 4.77. The van der Waals surface area contributed by atoms with E-state index < -0.39 is 11.9 Å². The van der Waals surface area contributed by atoms with E-state index in [2.05, 4.69) is 14.7 Å². The van der Waals surface area contributed by atoms with Crippen LogP contribution in [0.5, 0.6) is 0 Å². The molecule has 1 aromatic rings. The van der Waals surface area contributed by atoms with Crippen LogP contribution < -0.4 is 5.73 Å². The van der Waals surface area contributed by atoms with Crippen LogP contribution in [-0.4, -0.2) is 47.3 Å². The highest BCUT2D eigenvalue weighted by Gasteiger charge is 2.26. The van der Waals surface area contributed by atoms with E-state index in [1.807, 2.05) is 7.05 Å². The third kappa shape index (κ3) is 2.21. The number of fused-ring (bicyclic) bond motifs is 1. The van der Waals surface area contributed by atoms with E-state index in [9.17, 15) is 9.59 Å². The van der Waals surface area contributed by atoms with Crippen LogP contribution in [0.3, 0.4) is 0 Å². The van der Waals surface area contributed by atoms with Gasteiger partial charge in [-0.3, -0.25) is 14.3 Å². The van der Waals surface area contributed by atoms with E-state index in [4.69, 9.17) is 5.73 Å². The molecule has 0 saturated heterocycles. The molecule has 2 heterocycles. The Balaban J connectivity index is 2.40. The molecule has 1 amide bonds. The lowest BCUT2D eigenvalue weighted by Gasteiger charge is -2.23. The minimum atomic E-state index is -0.565. The quantitative estimate of drug-likeness (QED) is 0.707. The molecule has 0 radical (unpaired) electrons. The summed E-state index contributed by atoms with van der Waals surface area (Å²) in [5.74, 6) is -0.958. The molecule has 0 fully saturated rings. The number of primary amides is 1. The number of aromatic nitrogens is 2. The van der Waals surface area contributed by atoms with Crippen molar-refractivity contribution >= 4 is 11.9 Å². The van der Waals surface area contributed by atoms with Crippen molar-refractivity contribution in [1.82, 2.24) is 14.7 Å². The van der Waals surface area contributed by atoms with Crippen molar-refractivity contribution in [2.45, 2.75) is 19.5 Å². The summed E-state index contributed by atoms with van der Waals surface area (Å²) in [6.45, 7) is 1.49. The zero-order chi connectivity index (χ0) is 13.3. The number of nitrogens with zero attached hydrogens (tertiary/aromatic N) is 3. The maximum atomic E-state index is 11.4. The minimum Gasteiger partial charge on any atom is -0.468 e. The Hall–Kier alpha value is -1.89. The lowest BCUT2D eigenvalue weighted by Crippen LogP contribution is -2.29. The molecule has 0 unspecified atom stereocenters. The highest BCUT2D eigenvalue weighted by Crippen LogP contribution is 2.21. The number of amides is 1. The SMILES string of the molecule is COC(=O)Cn1nc(C(N)=O)c2c1CCN(C)C2. The molecule has 1 aromatic heterocycles. The van der Waals surface area contributed by atoms with Gasteiger partial charge in [-0.1, -0.05) is 0 Å². The first kappa shape index (κ1) is 12.6. The average Bonchev–Trinajstić information content (AvgIpc) is 2.67. The van der Waals surface area contributed by atoms with Crippen molar-refractivity contribution in [1.29, 1.82) is 0 Å². The fourth-order valence-electron chi connectivity index (χ4n) is 2.14. The van der Waals surface area contributed by atoms with Gasteiger partial charge >= 0.3 is 5.97 Å². The summed E-state index contributed by atoms with van der Waals surface area (Å²) in [6, 6.07) is 0. The van der Waals surface area contributed by atoms with Crippen LogP contribution in [0, 0.1) is 0 Å². The summed E-state index contributed by atoms with van der Waals surface area (Å²) >= 11 is 0. The summed E-state index contributed by atoms with van der Waals surface area (Å²) in [5, 5.41) is 4.13. The number of rotatable bonds is 3. The number of likely N-dealkylation sites (N-methyl/N-ethyl adjacent to an activating group) is 1. The first-order chi connectivity index (χ1) is 8.52. The van der Waals surface area contributed by atoms with Crippen molar-refractivity contribution in [3.05, 3.63) is 17.0 Å². The van der Waals surface area contributed by atoms with E-state index in [1.165, 1.54) is 11.8 Å². The molecule has 98 valence electrons. The fourth-order valence-corrected chi connectivity index (χ4v) is 2.14. The molecule has 1 aliphatic rings. The van der Waals surface area contributed by atoms with E-state index in [-0.39, 0.29) is 12.2 Å². The average molecular weight is 252 g/mol. The van der Waals surface area contributed by atoms with Crippen LogP contribution in [0.2, 0.25) is 0 Å². The largest absolute Gasteiger partial charge is 0.468 e. The standard InChI is InChI=1S/C11H16N4O3/c1-14-4-3-8-7(5-14)10(11(12)17)13-15(8)6-9(16)18-2/h3-6H2,1-2H3,(H2,12,17). The van der Waals surface area contributed by atoms with Crippen LogP contribution in [0.4, 0.5) is 0 Å². The molecule has 18 heavy (non-hydrogen) atoms. The molecule has 7 heteroatoms. The number of nitrogens with two attached hydrogens (primary N) is 1. The molecule has 0 aromatic carbocycles. The van der Waals surface area contributed by atoms with Gasteiger partial charge in [-0.05, 0) is 7.05 Å². The van der Waals surface area contributed by atoms with E-state index in [1.54, 1.807) is 0 Å². The molecule has 2 N–H and O–H groups in total. The molecule has 0 atom stereocenters. The van der Waals surface area contributed by atoms with E-state index in [0.29, 0.717) is 6.54 Å². The fraction of sp³-hybridized carbons (Fsp3) is 0.545. The van der Waals surface area contributed by atoms with Crippen molar-refractivity contribution in [3.8, 4) is 0 Å². The number of esters is 1. The number of methoxy groups -OCH3 is 1. The lowest BCUT2D eigenvalue weighted by molar-refractivity contribution is -0.141. The maximum absolute atomic E-state index is 11.4. The number of hydrogen-bond acceptors (Lipinski definition) is 5. The number of carbonyl (C=O) groups excluding carboxylic acids is 2. The summed E-state index contributed by atoms with van der Waals surface area (Å²) in [5.41, 5.74) is 7.28. The monoisotopic (exact) mass is 252 g/mol. The van der Waals surface area contributed by atoms with Crippen molar-refractivity contribution in [2.24, 2.45) is 5.73 Å². The molecule has 0 spiro atoms. The van der Waals surface area contributed by atoms with E-state index in [0.717, 1.165) is 24.2 Å². The van der Waals surface area contributed by atoms with E-state index >= 15 is 0 Å². The van der Waals surface area contributed by atoms with Crippen LogP contribution in [0.15, 0.2) is 0 Å². The summed E-state index contributed by atoms with van der Waals surface area (Å²) < 4.78 is 6.13. The van der Waals surface area contributed by atoms with Gasteiger partial charge in [0.15, 0.2) is 5.69 Å². The molecule has 0 aliphatic carbocycles. The molecule has 1 aliphatic heterocycles. The first-order valence-electron chi connectivity index (χ1n) is 5.66. The molecular weight excluding hydrogens is 236 g/mol. The molecule has 7 nitrogen and oxygen atoms in total. The maximum Gasteiger partial charge on any atom is 0.327 e. The first-order valence-corrected chi connectivity index (χ1v) is 5.66. The third-order valence-electron chi connectivity index (χ3n) is 3.06. The summed E-state index contributed by atoms with van der Waals surface area (Å²) in [4.78, 5) is 24.7. The van der Waals surface area contributed by atoms with Gasteiger partial charge in [-0.2, -0.15) is 5.10 Å². The molecule has 2 rings (SSSR count). The van der Waals surface area contributed by atoms with Crippen molar-refractivity contribution in [3.63, 3.8) is 0 Å². The highest BCUT2D eigenvalue weighted by molar-refractivity contribution is 5.92. The Kier molecular flexibility index (Phi) is 3.33. The number of hydrogen-bond donors (Lipinski definition) is 1. The Morgan fingerprint density at radius 2 is 2.22 bits per heavy atom. The number of carbonyl (C=O) groups is 2. The predicted molar refractivity (Wildman–Crippen MR) is 62.8 cm³/mol. The molecule has 0 bridgehead atoms. The van der Waals surface area contributed by atoms with Crippen molar-refractivity contribution < 1.29 is 14.3 Å². The molecule has 0 saturated carbocycles. The minimum absolute atomic E-state index is 0.00975. The third-order valence-corrected chi connectivity index (χ3v) is 3.06. The van der Waals surface area contributed by atoms with Gasteiger partial charge in [0.25, 0.3) is 5.91 Å². The Bertz CT molecular complexity index is 495. The van der Waals surface area contributed by atoms with Gasteiger partial charge in [0.1, 0.15) is 6.54 Å². The Morgan fingerprint density at radius 1 is 1.50 bits per heavy atom. The van der Waals surface area contributed by atoms with Crippen LogP contribution >= 0.6 is 0 Å². The van der Waals surface area contributed by atoms with Crippen molar-refractivity contribution in [2.75, 3.05) is 20.7 Å². The Labute approximate surface area is 104 Å². The molecular formula is C11H16N4O3. The summed E-state index contributed by atoms with van der Waals surface area (Å²) in [6.07, 6.45) is 0.739. The normalized spacial score (nSPS) is 15.2. The van der Waals surface area contributed by atoms with Crippen LogP contribution in [0.1, 0.15) is 21.7 Å². The smallest absolute Gasteiger partial charge is 0.327 e. The van der Waals surface area contributed by atoms with Crippen LogP contribution in [-0.2, 0) is 29.0 Å². The predicted octanol–water partition coefficient (Wildman–Crippen LogP) is -0.857. The van der Waals surface area contributed by atoms with Gasteiger partial charge in [-0.15, -0.1) is 0 Å². The zero-order valence-corrected chi connectivity index (χ0v) is 10.5. The van der Waals surface area contributed by atoms with Gasteiger partial charge in [0.05, 0.1) is 7.11 Å². The van der Waals surface area contributed by atoms with Gasteiger partial charge in [-0.25, -0.2) is 0 Å². The highest BCUT2D eigenvalue weighted by atomic mass is 16.5. The Morgan fingerprint density at radius 3 is 2.83 bits per heavy atom. The lowest BCUT2D eigenvalue weighted by atomic mass is 10.1. The van der Waals surface area contributed by atoms with Crippen LogP contribution in [0.25, 0.3) is 0 Å². The second-order valence-electron chi connectivity index (χ2n) is 4.36. The zero-order valence-electron chi connectivity index (χ0n) is 10.5. The summed E-state index contributed by atoms with van der Waals surface area (Å²) in [7, 11) is 3.28. The van der Waals surface area contributed by atoms with Gasteiger partial charge in [0, 0.05) is 30.8 Å². The van der Waals surface area contributed by atoms with Gasteiger partial charge in [0.2, 0.25) is 0 Å².